The van der Waals surface area contributed by atoms with E-state index < -0.39 is 0 Å². The molecule has 0 bridgehead atoms. The second-order valence-electron chi connectivity index (χ2n) is 13.9. The summed E-state index contributed by atoms with van der Waals surface area (Å²) < 4.78 is 12.6. The number of likely N-dealkylation sites (N-methyl/N-ethyl adjacent to an activating group) is 1. The molecule has 7 rings (SSSR count). The number of fused-ring (bicyclic) bond motifs is 4. The number of ether oxygens (including phenoxy) is 2. The molecule has 4 aliphatic heterocycles. The predicted molar refractivity (Wildman–Crippen MR) is 156 cm³/mol. The average Bonchev–Trinajstić information content (AvgIpc) is 3.01. The van der Waals surface area contributed by atoms with Crippen molar-refractivity contribution in [2.24, 2.45) is 17.8 Å². The minimum atomic E-state index is -0.154. The third-order valence-corrected chi connectivity index (χ3v) is 11.6. The van der Waals surface area contributed by atoms with E-state index in [2.05, 4.69) is 27.1 Å². The summed E-state index contributed by atoms with van der Waals surface area (Å²) in [6, 6.07) is 0.581. The SMILES string of the molecule is CN1CCN(CCCNC2CCC3C(=O)C(C(=O)N4CCOCC4)=CN4C5C(CCC6CCCCC65)OC2C34)CC1. The summed E-state index contributed by atoms with van der Waals surface area (Å²) in [5, 5.41) is 3.90. The van der Waals surface area contributed by atoms with Gasteiger partial charge in [-0.2, -0.15) is 0 Å². The van der Waals surface area contributed by atoms with Gasteiger partial charge in [0, 0.05) is 57.4 Å². The number of ketones is 1. The summed E-state index contributed by atoms with van der Waals surface area (Å²) in [6.07, 6.45) is 12.7. The van der Waals surface area contributed by atoms with Crippen LogP contribution in [0.5, 0.6) is 0 Å². The molecule has 0 aromatic rings. The van der Waals surface area contributed by atoms with E-state index in [1.165, 1.54) is 32.1 Å². The zero-order valence-electron chi connectivity index (χ0n) is 25.1. The molecule has 9 heteroatoms. The van der Waals surface area contributed by atoms with Crippen molar-refractivity contribution in [1.29, 1.82) is 0 Å². The van der Waals surface area contributed by atoms with E-state index in [1.807, 2.05) is 11.1 Å². The zero-order valence-corrected chi connectivity index (χ0v) is 25.1. The van der Waals surface area contributed by atoms with Gasteiger partial charge >= 0.3 is 0 Å². The predicted octanol–water partition coefficient (Wildman–Crippen LogP) is 1.72. The van der Waals surface area contributed by atoms with Gasteiger partial charge in [0.25, 0.3) is 5.91 Å². The smallest absolute Gasteiger partial charge is 0.259 e. The molecule has 0 aromatic carbocycles. The van der Waals surface area contributed by atoms with Crippen molar-refractivity contribution in [2.45, 2.75) is 88.1 Å². The fourth-order valence-electron chi connectivity index (χ4n) is 9.39. The maximum absolute atomic E-state index is 14.0. The van der Waals surface area contributed by atoms with Gasteiger partial charge in [-0.15, -0.1) is 0 Å². The quantitative estimate of drug-likeness (QED) is 0.383. The van der Waals surface area contributed by atoms with Gasteiger partial charge in [0.05, 0.1) is 43.1 Å². The molecule has 8 unspecified atom stereocenters. The molecule has 0 aromatic heterocycles. The number of morpholine rings is 2. The fraction of sp³-hybridized carbons (Fsp3) is 0.875. The van der Waals surface area contributed by atoms with Crippen LogP contribution >= 0.6 is 0 Å². The summed E-state index contributed by atoms with van der Waals surface area (Å²) in [6.45, 7) is 9.01. The Morgan fingerprint density at radius 2 is 1.76 bits per heavy atom. The Balaban J connectivity index is 1.11. The molecule has 8 atom stereocenters. The van der Waals surface area contributed by atoms with E-state index in [0.717, 1.165) is 70.9 Å². The summed E-state index contributed by atoms with van der Waals surface area (Å²) in [5.74, 6) is 1.17. The Hall–Kier alpha value is -1.52. The number of hydrogen-bond donors (Lipinski definition) is 1. The van der Waals surface area contributed by atoms with Crippen LogP contribution < -0.4 is 5.32 Å². The number of carbonyl (C=O) groups is 2. The Labute approximate surface area is 245 Å². The van der Waals surface area contributed by atoms with Gasteiger partial charge in [0.15, 0.2) is 5.78 Å². The monoisotopic (exact) mass is 569 g/mol. The highest BCUT2D eigenvalue weighted by Gasteiger charge is 2.58. The number of amides is 1. The Kier molecular flexibility index (Phi) is 8.43. The molecule has 3 saturated heterocycles. The number of nitrogens with one attached hydrogen (secondary N) is 1. The number of carbonyl (C=O) groups excluding carboxylic acids is 2. The number of Topliss-reactive ketones (excluding diaryl/α,β-unsaturated/α-hetero) is 1. The molecule has 228 valence electrons. The highest BCUT2D eigenvalue weighted by molar-refractivity contribution is 6.20. The largest absolute Gasteiger partial charge is 0.378 e. The van der Waals surface area contributed by atoms with E-state index in [9.17, 15) is 9.59 Å². The molecule has 7 aliphatic rings. The van der Waals surface area contributed by atoms with Crippen molar-refractivity contribution in [1.82, 2.24) is 24.9 Å². The minimum Gasteiger partial charge on any atom is -0.378 e. The lowest BCUT2D eigenvalue weighted by Crippen LogP contribution is -2.72. The van der Waals surface area contributed by atoms with Gasteiger partial charge in [-0.1, -0.05) is 19.3 Å². The lowest BCUT2D eigenvalue weighted by atomic mass is 9.63. The van der Waals surface area contributed by atoms with E-state index in [1.54, 1.807) is 0 Å². The van der Waals surface area contributed by atoms with Gasteiger partial charge in [-0.3, -0.25) is 9.59 Å². The zero-order chi connectivity index (χ0) is 27.9. The molecule has 0 spiro atoms. The van der Waals surface area contributed by atoms with Crippen LogP contribution in [-0.4, -0.2) is 134 Å². The van der Waals surface area contributed by atoms with Crippen molar-refractivity contribution >= 4 is 11.7 Å². The number of piperazine rings is 1. The van der Waals surface area contributed by atoms with E-state index in [-0.39, 0.29) is 47.9 Å². The topological polar surface area (TPSA) is 77.6 Å². The lowest BCUT2D eigenvalue weighted by Gasteiger charge is -2.62. The molecular formula is C32H51N5O4. The highest BCUT2D eigenvalue weighted by Crippen LogP contribution is 2.50. The number of nitrogens with zero attached hydrogens (tertiary/aromatic N) is 4. The minimum absolute atomic E-state index is 0.000912. The molecule has 41 heavy (non-hydrogen) atoms. The first kappa shape index (κ1) is 28.3. The first-order chi connectivity index (χ1) is 20.1. The van der Waals surface area contributed by atoms with Crippen LogP contribution in [-0.2, 0) is 19.1 Å². The second-order valence-corrected chi connectivity index (χ2v) is 13.9. The lowest BCUT2D eigenvalue weighted by molar-refractivity contribution is -0.207. The summed E-state index contributed by atoms with van der Waals surface area (Å²) >= 11 is 0. The van der Waals surface area contributed by atoms with Gasteiger partial charge in [-0.05, 0) is 70.5 Å². The highest BCUT2D eigenvalue weighted by atomic mass is 16.5. The van der Waals surface area contributed by atoms with E-state index >= 15 is 0 Å². The normalized spacial score (nSPS) is 39.9. The van der Waals surface area contributed by atoms with Crippen molar-refractivity contribution in [3.63, 3.8) is 0 Å². The van der Waals surface area contributed by atoms with Crippen LogP contribution in [0.25, 0.3) is 0 Å². The third kappa shape index (κ3) is 5.50. The molecular weight excluding hydrogens is 518 g/mol. The van der Waals surface area contributed by atoms with Gasteiger partial charge < -0.3 is 34.4 Å². The molecule has 4 heterocycles. The van der Waals surface area contributed by atoms with Gasteiger partial charge in [0.2, 0.25) is 0 Å². The van der Waals surface area contributed by atoms with Crippen LogP contribution in [0, 0.1) is 17.8 Å². The van der Waals surface area contributed by atoms with E-state index in [0.29, 0.717) is 37.8 Å². The second kappa shape index (κ2) is 12.2. The maximum Gasteiger partial charge on any atom is 0.259 e. The van der Waals surface area contributed by atoms with Crippen molar-refractivity contribution in [2.75, 3.05) is 72.6 Å². The average molecular weight is 570 g/mol. The molecule has 1 amide bonds. The maximum atomic E-state index is 14.0. The Morgan fingerprint density at radius 3 is 2.59 bits per heavy atom. The molecule has 6 fully saturated rings. The summed E-state index contributed by atoms with van der Waals surface area (Å²) in [7, 11) is 2.21. The van der Waals surface area contributed by atoms with Crippen molar-refractivity contribution in [3.05, 3.63) is 11.8 Å². The summed E-state index contributed by atoms with van der Waals surface area (Å²) in [4.78, 5) is 37.1. The molecule has 3 saturated carbocycles. The van der Waals surface area contributed by atoms with Crippen LogP contribution in [0.3, 0.4) is 0 Å². The molecule has 9 nitrogen and oxygen atoms in total. The van der Waals surface area contributed by atoms with Crippen LogP contribution in [0.4, 0.5) is 0 Å². The Bertz CT molecular complexity index is 993. The molecule has 1 N–H and O–H groups in total. The van der Waals surface area contributed by atoms with Crippen LogP contribution in [0.1, 0.15) is 57.8 Å². The Morgan fingerprint density at radius 1 is 0.951 bits per heavy atom. The van der Waals surface area contributed by atoms with Crippen molar-refractivity contribution < 1.29 is 19.1 Å². The summed E-state index contributed by atoms with van der Waals surface area (Å²) in [5.41, 5.74) is 0.420. The van der Waals surface area contributed by atoms with Gasteiger partial charge in [0.1, 0.15) is 0 Å². The first-order valence-electron chi connectivity index (χ1n) is 16.8. The standard InChI is InChI=1S/C32H51N5O4/c1-34-13-15-35(16-14-34)12-4-11-33-26-9-8-24-29-31(26)41-27-10-7-22-5-2-3-6-23(22)28(27)37(29)21-25(30(24)38)32(39)36-17-19-40-20-18-36/h21-24,26-29,31,33H,2-20H2,1H3. The number of rotatable bonds is 6. The van der Waals surface area contributed by atoms with E-state index in [4.69, 9.17) is 9.47 Å². The molecule has 3 aliphatic carbocycles. The molecule has 0 radical (unpaired) electrons. The third-order valence-electron chi connectivity index (χ3n) is 11.6. The number of hydrogen-bond acceptors (Lipinski definition) is 8. The first-order valence-corrected chi connectivity index (χ1v) is 16.8. The fourth-order valence-corrected chi connectivity index (χ4v) is 9.39. The van der Waals surface area contributed by atoms with Crippen molar-refractivity contribution in [3.8, 4) is 0 Å². The van der Waals surface area contributed by atoms with Crippen LogP contribution in [0.2, 0.25) is 0 Å². The van der Waals surface area contributed by atoms with Crippen LogP contribution in [0.15, 0.2) is 11.8 Å². The van der Waals surface area contributed by atoms with Gasteiger partial charge in [-0.25, -0.2) is 0 Å².